The molecular formula is C24H22F2N2O3. The third-order valence-corrected chi connectivity index (χ3v) is 5.42. The topological polar surface area (TPSA) is 50.8 Å². The lowest BCUT2D eigenvalue weighted by atomic mass is 9.88. The molecule has 1 aliphatic rings. The van der Waals surface area contributed by atoms with Gasteiger partial charge in [-0.05, 0) is 47.4 Å². The summed E-state index contributed by atoms with van der Waals surface area (Å²) in [5.41, 5.74) is 3.10. The molecule has 160 valence electrons. The van der Waals surface area contributed by atoms with Crippen molar-refractivity contribution in [2.45, 2.75) is 12.5 Å². The number of fused-ring (bicyclic) bond motifs is 1. The molecule has 1 unspecified atom stereocenters. The molecule has 3 aromatic rings. The van der Waals surface area contributed by atoms with Crippen LogP contribution in [0.3, 0.4) is 0 Å². The van der Waals surface area contributed by atoms with Gasteiger partial charge in [0.05, 0.1) is 20.3 Å². The smallest absolute Gasteiger partial charge is 0.322 e. The fourth-order valence-corrected chi connectivity index (χ4v) is 3.93. The number of benzene rings is 3. The molecule has 0 fully saturated rings. The van der Waals surface area contributed by atoms with Gasteiger partial charge in [0.1, 0.15) is 0 Å². The number of nitrogens with one attached hydrogen (secondary N) is 1. The van der Waals surface area contributed by atoms with E-state index in [1.165, 1.54) is 6.07 Å². The predicted octanol–water partition coefficient (Wildman–Crippen LogP) is 5.16. The van der Waals surface area contributed by atoms with E-state index in [1.54, 1.807) is 19.1 Å². The maximum atomic E-state index is 13.6. The number of halogens is 2. The minimum absolute atomic E-state index is 0.189. The molecule has 7 heteroatoms. The third kappa shape index (κ3) is 4.03. The van der Waals surface area contributed by atoms with Crippen LogP contribution in [0.5, 0.6) is 11.5 Å². The summed E-state index contributed by atoms with van der Waals surface area (Å²) in [7, 11) is 3.15. The minimum atomic E-state index is -1.02. The van der Waals surface area contributed by atoms with Gasteiger partial charge in [-0.1, -0.05) is 30.3 Å². The normalized spacial score (nSPS) is 15.2. The number of hydrogen-bond acceptors (Lipinski definition) is 3. The Kier molecular flexibility index (Phi) is 5.75. The zero-order chi connectivity index (χ0) is 22.0. The molecule has 2 amide bonds. The number of nitrogens with zero attached hydrogens (tertiary/aromatic N) is 1. The number of methoxy groups -OCH3 is 2. The lowest BCUT2D eigenvalue weighted by Gasteiger charge is -2.38. The van der Waals surface area contributed by atoms with Crippen molar-refractivity contribution in [3.05, 3.63) is 89.0 Å². The first-order valence-electron chi connectivity index (χ1n) is 9.84. The standard InChI is InChI=1S/C24H22F2N2O3/c1-30-21-12-16-10-11-28(24(29)27-17-8-9-19(25)20(26)13-17)23(15-6-4-3-5-7-15)18(16)14-22(21)31-2/h3-9,12-14,23H,10-11H2,1-2H3,(H,27,29). The number of rotatable bonds is 4. The summed E-state index contributed by atoms with van der Waals surface area (Å²) < 4.78 is 37.8. The van der Waals surface area contributed by atoms with E-state index >= 15 is 0 Å². The van der Waals surface area contributed by atoms with Gasteiger partial charge in [-0.2, -0.15) is 0 Å². The van der Waals surface area contributed by atoms with Crippen LogP contribution in [0.4, 0.5) is 19.3 Å². The number of urea groups is 1. The highest BCUT2D eigenvalue weighted by atomic mass is 19.2. The fraction of sp³-hybridized carbons (Fsp3) is 0.208. The zero-order valence-electron chi connectivity index (χ0n) is 17.2. The molecule has 0 saturated heterocycles. The predicted molar refractivity (Wildman–Crippen MR) is 114 cm³/mol. The SMILES string of the molecule is COc1cc2c(cc1OC)C(c1ccccc1)N(C(=O)Nc1ccc(F)c(F)c1)CC2. The van der Waals surface area contributed by atoms with Crippen molar-refractivity contribution in [2.75, 3.05) is 26.1 Å². The fourth-order valence-electron chi connectivity index (χ4n) is 3.93. The molecule has 31 heavy (non-hydrogen) atoms. The summed E-state index contributed by atoms with van der Waals surface area (Å²) >= 11 is 0. The second-order valence-electron chi connectivity index (χ2n) is 7.22. The summed E-state index contributed by atoms with van der Waals surface area (Å²) in [4.78, 5) is 14.9. The van der Waals surface area contributed by atoms with Crippen molar-refractivity contribution >= 4 is 11.7 Å². The summed E-state index contributed by atoms with van der Waals surface area (Å²) in [6.07, 6.45) is 0.615. The minimum Gasteiger partial charge on any atom is -0.493 e. The monoisotopic (exact) mass is 424 g/mol. The number of carbonyl (C=O) groups excluding carboxylic acids is 1. The van der Waals surface area contributed by atoms with Crippen LogP contribution in [0, 0.1) is 11.6 Å². The average molecular weight is 424 g/mol. The highest BCUT2D eigenvalue weighted by molar-refractivity contribution is 5.90. The van der Waals surface area contributed by atoms with E-state index in [1.807, 2.05) is 42.5 Å². The van der Waals surface area contributed by atoms with Gasteiger partial charge in [0.15, 0.2) is 23.1 Å². The molecule has 1 N–H and O–H groups in total. The molecular weight excluding hydrogens is 402 g/mol. The number of anilines is 1. The van der Waals surface area contributed by atoms with Crippen LogP contribution in [-0.4, -0.2) is 31.7 Å². The molecule has 0 radical (unpaired) electrons. The Bertz CT molecular complexity index is 1110. The van der Waals surface area contributed by atoms with Crippen LogP contribution in [-0.2, 0) is 6.42 Å². The molecule has 1 atom stereocenters. The molecule has 0 bridgehead atoms. The number of hydrogen-bond donors (Lipinski definition) is 1. The second kappa shape index (κ2) is 8.63. The van der Waals surface area contributed by atoms with Crippen molar-refractivity contribution in [3.63, 3.8) is 0 Å². The molecule has 4 rings (SSSR count). The van der Waals surface area contributed by atoms with Gasteiger partial charge in [-0.15, -0.1) is 0 Å². The molecule has 0 aliphatic carbocycles. The van der Waals surface area contributed by atoms with Crippen molar-refractivity contribution in [2.24, 2.45) is 0 Å². The highest BCUT2D eigenvalue weighted by Gasteiger charge is 2.33. The van der Waals surface area contributed by atoms with Crippen LogP contribution in [0.15, 0.2) is 60.7 Å². The highest BCUT2D eigenvalue weighted by Crippen LogP contribution is 2.41. The van der Waals surface area contributed by atoms with Crippen LogP contribution in [0.25, 0.3) is 0 Å². The van der Waals surface area contributed by atoms with Crippen LogP contribution in [0.1, 0.15) is 22.7 Å². The Balaban J connectivity index is 1.74. The Hall–Kier alpha value is -3.61. The first kappa shape index (κ1) is 20.7. The van der Waals surface area contributed by atoms with Gasteiger partial charge < -0.3 is 19.7 Å². The van der Waals surface area contributed by atoms with Crippen molar-refractivity contribution < 1.29 is 23.0 Å². The second-order valence-corrected chi connectivity index (χ2v) is 7.22. The number of carbonyl (C=O) groups is 1. The molecule has 0 spiro atoms. The van der Waals surface area contributed by atoms with E-state index in [0.717, 1.165) is 28.8 Å². The molecule has 0 aromatic heterocycles. The maximum absolute atomic E-state index is 13.6. The molecule has 1 aliphatic heterocycles. The Morgan fingerprint density at radius 3 is 2.35 bits per heavy atom. The van der Waals surface area contributed by atoms with E-state index in [9.17, 15) is 13.6 Å². The van der Waals surface area contributed by atoms with E-state index in [0.29, 0.717) is 24.5 Å². The van der Waals surface area contributed by atoms with E-state index in [2.05, 4.69) is 5.32 Å². The van der Waals surface area contributed by atoms with Gasteiger partial charge in [-0.25, -0.2) is 13.6 Å². The van der Waals surface area contributed by atoms with Crippen molar-refractivity contribution in [1.29, 1.82) is 0 Å². The first-order chi connectivity index (χ1) is 15.0. The third-order valence-electron chi connectivity index (χ3n) is 5.42. The average Bonchev–Trinajstić information content (AvgIpc) is 2.80. The maximum Gasteiger partial charge on any atom is 0.322 e. The zero-order valence-corrected chi connectivity index (χ0v) is 17.2. The van der Waals surface area contributed by atoms with Crippen molar-refractivity contribution in [1.82, 2.24) is 4.90 Å². The van der Waals surface area contributed by atoms with Gasteiger partial charge >= 0.3 is 6.03 Å². The summed E-state index contributed by atoms with van der Waals surface area (Å²) in [6, 6.07) is 16.0. The van der Waals surface area contributed by atoms with Gasteiger partial charge in [-0.3, -0.25) is 0 Å². The van der Waals surface area contributed by atoms with Gasteiger partial charge in [0.25, 0.3) is 0 Å². The number of amides is 2. The quantitative estimate of drug-likeness (QED) is 0.629. The van der Waals surface area contributed by atoms with Crippen molar-refractivity contribution in [3.8, 4) is 11.5 Å². The van der Waals surface area contributed by atoms with Crippen LogP contribution >= 0.6 is 0 Å². The lowest BCUT2D eigenvalue weighted by Crippen LogP contribution is -2.43. The molecule has 1 heterocycles. The van der Waals surface area contributed by atoms with E-state index < -0.39 is 17.7 Å². The Morgan fingerprint density at radius 2 is 1.68 bits per heavy atom. The van der Waals surface area contributed by atoms with E-state index in [-0.39, 0.29) is 11.7 Å². The van der Waals surface area contributed by atoms with Gasteiger partial charge in [0.2, 0.25) is 0 Å². The number of ether oxygens (including phenoxy) is 2. The largest absolute Gasteiger partial charge is 0.493 e. The lowest BCUT2D eigenvalue weighted by molar-refractivity contribution is 0.193. The Morgan fingerprint density at radius 1 is 0.968 bits per heavy atom. The van der Waals surface area contributed by atoms with Crippen LogP contribution < -0.4 is 14.8 Å². The van der Waals surface area contributed by atoms with Gasteiger partial charge in [0, 0.05) is 18.3 Å². The van der Waals surface area contributed by atoms with E-state index in [4.69, 9.17) is 9.47 Å². The molecule has 3 aromatic carbocycles. The molecule has 0 saturated carbocycles. The molecule has 5 nitrogen and oxygen atoms in total. The Labute approximate surface area is 179 Å². The first-order valence-corrected chi connectivity index (χ1v) is 9.84. The van der Waals surface area contributed by atoms with Crippen LogP contribution in [0.2, 0.25) is 0 Å². The summed E-state index contributed by atoms with van der Waals surface area (Å²) in [5, 5.41) is 2.69. The summed E-state index contributed by atoms with van der Waals surface area (Å²) in [6.45, 7) is 0.442. The summed E-state index contributed by atoms with van der Waals surface area (Å²) in [5.74, 6) is -0.774.